The summed E-state index contributed by atoms with van der Waals surface area (Å²) in [4.78, 5) is 15.6. The summed E-state index contributed by atoms with van der Waals surface area (Å²) in [6.45, 7) is 7.27. The Hall–Kier alpha value is -1.58. The topological polar surface area (TPSA) is 65.2 Å². The van der Waals surface area contributed by atoms with Crippen LogP contribution in [0.5, 0.6) is 0 Å². The van der Waals surface area contributed by atoms with Crippen LogP contribution in [0.15, 0.2) is 12.3 Å². The first-order valence-electron chi connectivity index (χ1n) is 4.75. The van der Waals surface area contributed by atoms with Gasteiger partial charge >= 0.3 is 5.97 Å². The fourth-order valence-corrected chi connectivity index (χ4v) is 1.09. The number of aryl methyl sites for hydroxylation is 1. The van der Waals surface area contributed by atoms with Crippen LogP contribution in [0.25, 0.3) is 0 Å². The third-order valence-electron chi connectivity index (χ3n) is 1.74. The Kier molecular flexibility index (Phi) is 2.98. The van der Waals surface area contributed by atoms with E-state index < -0.39 is 5.60 Å². The van der Waals surface area contributed by atoms with Crippen molar-refractivity contribution in [3.8, 4) is 0 Å². The summed E-state index contributed by atoms with van der Waals surface area (Å²) in [5, 5.41) is 0. The summed E-state index contributed by atoms with van der Waals surface area (Å²) in [6.07, 6.45) is 1.56. The summed E-state index contributed by atoms with van der Waals surface area (Å²) >= 11 is 0. The Balaban J connectivity index is 2.96. The van der Waals surface area contributed by atoms with E-state index in [1.165, 1.54) is 6.07 Å². The molecule has 0 fully saturated rings. The van der Waals surface area contributed by atoms with Gasteiger partial charge in [-0.1, -0.05) is 0 Å². The van der Waals surface area contributed by atoms with E-state index in [4.69, 9.17) is 10.5 Å². The Morgan fingerprint density at radius 2 is 2.07 bits per heavy atom. The Labute approximate surface area is 89.5 Å². The molecule has 82 valence electrons. The molecule has 0 bridgehead atoms. The summed E-state index contributed by atoms with van der Waals surface area (Å²) in [6, 6.07) is 1.53. The molecule has 1 aromatic rings. The van der Waals surface area contributed by atoms with Gasteiger partial charge < -0.3 is 10.5 Å². The van der Waals surface area contributed by atoms with E-state index in [2.05, 4.69) is 4.98 Å². The SMILES string of the molecule is Cc1cnc(N)cc1C(=O)OC(C)(C)C. The van der Waals surface area contributed by atoms with Crippen LogP contribution in [0.4, 0.5) is 5.82 Å². The molecule has 0 saturated carbocycles. The van der Waals surface area contributed by atoms with E-state index >= 15 is 0 Å². The fraction of sp³-hybridized carbons (Fsp3) is 0.455. The maximum atomic E-state index is 11.7. The van der Waals surface area contributed by atoms with Gasteiger partial charge in [-0.2, -0.15) is 0 Å². The van der Waals surface area contributed by atoms with Gasteiger partial charge in [0.1, 0.15) is 11.4 Å². The molecule has 1 rings (SSSR count). The van der Waals surface area contributed by atoms with Gasteiger partial charge in [0.15, 0.2) is 0 Å². The normalized spacial score (nSPS) is 11.2. The molecule has 0 aliphatic rings. The molecule has 1 heterocycles. The van der Waals surface area contributed by atoms with Crippen LogP contribution in [0.3, 0.4) is 0 Å². The molecule has 0 aromatic carbocycles. The minimum absolute atomic E-state index is 0.321. The minimum Gasteiger partial charge on any atom is -0.456 e. The van der Waals surface area contributed by atoms with E-state index in [9.17, 15) is 4.79 Å². The first-order chi connectivity index (χ1) is 6.79. The van der Waals surface area contributed by atoms with Gasteiger partial charge in [0, 0.05) is 6.20 Å². The summed E-state index contributed by atoms with van der Waals surface area (Å²) in [5.74, 6) is -0.0458. The lowest BCUT2D eigenvalue weighted by Gasteiger charge is -2.20. The van der Waals surface area contributed by atoms with Gasteiger partial charge in [0.2, 0.25) is 0 Å². The van der Waals surface area contributed by atoms with Crippen molar-refractivity contribution in [1.29, 1.82) is 0 Å². The molecule has 0 spiro atoms. The summed E-state index contributed by atoms with van der Waals surface area (Å²) < 4.78 is 5.24. The molecule has 0 radical (unpaired) electrons. The van der Waals surface area contributed by atoms with E-state index in [-0.39, 0.29) is 5.97 Å². The molecule has 2 N–H and O–H groups in total. The maximum absolute atomic E-state index is 11.7. The predicted molar refractivity (Wildman–Crippen MR) is 58.6 cm³/mol. The van der Waals surface area contributed by atoms with Crippen molar-refractivity contribution in [2.75, 3.05) is 5.73 Å². The van der Waals surface area contributed by atoms with Crippen LogP contribution >= 0.6 is 0 Å². The smallest absolute Gasteiger partial charge is 0.339 e. The zero-order valence-corrected chi connectivity index (χ0v) is 9.50. The lowest BCUT2D eigenvalue weighted by molar-refractivity contribution is 0.00687. The van der Waals surface area contributed by atoms with Gasteiger partial charge in [-0.3, -0.25) is 0 Å². The molecule has 0 unspecified atom stereocenters. The number of aromatic nitrogens is 1. The Bertz CT molecular complexity index is 381. The average molecular weight is 208 g/mol. The number of anilines is 1. The average Bonchev–Trinajstić information content (AvgIpc) is 2.06. The minimum atomic E-state index is -0.498. The molecule has 4 heteroatoms. The fourth-order valence-electron chi connectivity index (χ4n) is 1.09. The van der Waals surface area contributed by atoms with Crippen LogP contribution < -0.4 is 5.73 Å². The van der Waals surface area contributed by atoms with Crippen molar-refractivity contribution in [3.63, 3.8) is 0 Å². The molecule has 0 saturated heterocycles. The summed E-state index contributed by atoms with van der Waals surface area (Å²) in [7, 11) is 0. The second-order valence-electron chi connectivity index (χ2n) is 4.43. The van der Waals surface area contributed by atoms with Crippen LogP contribution in [0.2, 0.25) is 0 Å². The van der Waals surface area contributed by atoms with Gasteiger partial charge in [0.05, 0.1) is 5.56 Å². The lowest BCUT2D eigenvalue weighted by Crippen LogP contribution is -2.24. The van der Waals surface area contributed by atoms with Crippen molar-refractivity contribution in [2.45, 2.75) is 33.3 Å². The zero-order chi connectivity index (χ0) is 11.6. The highest BCUT2D eigenvalue weighted by Gasteiger charge is 2.19. The number of ether oxygens (including phenoxy) is 1. The monoisotopic (exact) mass is 208 g/mol. The van der Waals surface area contributed by atoms with Gasteiger partial charge in [-0.25, -0.2) is 9.78 Å². The number of carbonyl (C=O) groups is 1. The van der Waals surface area contributed by atoms with E-state index in [0.717, 1.165) is 5.56 Å². The number of nitrogen functional groups attached to an aromatic ring is 1. The van der Waals surface area contributed by atoms with Crippen LogP contribution in [-0.4, -0.2) is 16.6 Å². The second-order valence-corrected chi connectivity index (χ2v) is 4.43. The zero-order valence-electron chi connectivity index (χ0n) is 9.50. The van der Waals surface area contributed by atoms with E-state index in [0.29, 0.717) is 11.4 Å². The molecule has 1 aromatic heterocycles. The van der Waals surface area contributed by atoms with Crippen molar-refractivity contribution < 1.29 is 9.53 Å². The van der Waals surface area contributed by atoms with Gasteiger partial charge in [-0.15, -0.1) is 0 Å². The summed E-state index contributed by atoms with van der Waals surface area (Å²) in [5.41, 5.74) is 6.24. The van der Waals surface area contributed by atoms with E-state index in [1.54, 1.807) is 13.1 Å². The number of nitrogens with two attached hydrogens (primary N) is 1. The van der Waals surface area contributed by atoms with Crippen LogP contribution in [0.1, 0.15) is 36.7 Å². The number of hydrogen-bond donors (Lipinski definition) is 1. The largest absolute Gasteiger partial charge is 0.456 e. The molecule has 4 nitrogen and oxygen atoms in total. The quantitative estimate of drug-likeness (QED) is 0.716. The third-order valence-corrected chi connectivity index (χ3v) is 1.74. The number of nitrogens with zero attached hydrogens (tertiary/aromatic N) is 1. The van der Waals surface area contributed by atoms with Crippen molar-refractivity contribution in [2.24, 2.45) is 0 Å². The number of hydrogen-bond acceptors (Lipinski definition) is 4. The van der Waals surface area contributed by atoms with Crippen molar-refractivity contribution in [3.05, 3.63) is 23.4 Å². The van der Waals surface area contributed by atoms with E-state index in [1.807, 2.05) is 20.8 Å². The number of carbonyl (C=O) groups excluding carboxylic acids is 1. The van der Waals surface area contributed by atoms with Crippen molar-refractivity contribution in [1.82, 2.24) is 4.98 Å². The maximum Gasteiger partial charge on any atom is 0.339 e. The molecular weight excluding hydrogens is 192 g/mol. The number of esters is 1. The lowest BCUT2D eigenvalue weighted by atomic mass is 10.1. The standard InChI is InChI=1S/C11H16N2O2/c1-7-6-13-9(12)5-8(7)10(14)15-11(2,3)4/h5-6H,1-4H3,(H2,12,13). The highest BCUT2D eigenvalue weighted by Crippen LogP contribution is 2.15. The number of rotatable bonds is 1. The molecule has 0 amide bonds. The predicted octanol–water partition coefficient (Wildman–Crippen LogP) is 1.93. The second kappa shape index (κ2) is 3.88. The van der Waals surface area contributed by atoms with Gasteiger partial charge in [0.25, 0.3) is 0 Å². The Morgan fingerprint density at radius 3 is 2.60 bits per heavy atom. The van der Waals surface area contributed by atoms with Crippen molar-refractivity contribution >= 4 is 11.8 Å². The molecular formula is C11H16N2O2. The molecule has 0 aliphatic heterocycles. The number of pyridine rings is 1. The third kappa shape index (κ3) is 3.23. The Morgan fingerprint density at radius 1 is 1.47 bits per heavy atom. The first-order valence-corrected chi connectivity index (χ1v) is 4.75. The van der Waals surface area contributed by atoms with Crippen LogP contribution in [-0.2, 0) is 4.74 Å². The molecule has 0 aliphatic carbocycles. The molecule has 15 heavy (non-hydrogen) atoms. The molecule has 0 atom stereocenters. The highest BCUT2D eigenvalue weighted by atomic mass is 16.6. The first kappa shape index (κ1) is 11.5. The highest BCUT2D eigenvalue weighted by molar-refractivity contribution is 5.91. The van der Waals surface area contributed by atoms with Crippen LogP contribution in [0, 0.1) is 6.92 Å². The van der Waals surface area contributed by atoms with Gasteiger partial charge in [-0.05, 0) is 39.3 Å².